The van der Waals surface area contributed by atoms with Crippen LogP contribution in [-0.4, -0.2) is 21.5 Å². The molecule has 2 aromatic rings. The quantitative estimate of drug-likeness (QED) is 0.944. The van der Waals surface area contributed by atoms with Crippen molar-refractivity contribution in [3.63, 3.8) is 0 Å². The van der Waals surface area contributed by atoms with E-state index in [0.29, 0.717) is 0 Å². The molecule has 0 aliphatic carbocycles. The van der Waals surface area contributed by atoms with Gasteiger partial charge in [-0.05, 0) is 25.1 Å². The summed E-state index contributed by atoms with van der Waals surface area (Å²) in [4.78, 5) is 0. The van der Waals surface area contributed by atoms with E-state index in [1.807, 2.05) is 17.9 Å². The van der Waals surface area contributed by atoms with E-state index in [9.17, 15) is 0 Å². The lowest BCUT2D eigenvalue weighted by Gasteiger charge is -2.20. The van der Waals surface area contributed by atoms with E-state index >= 15 is 0 Å². The van der Waals surface area contributed by atoms with E-state index < -0.39 is 0 Å². The van der Waals surface area contributed by atoms with E-state index in [-0.39, 0.29) is 6.04 Å². The van der Waals surface area contributed by atoms with Gasteiger partial charge in [-0.15, -0.1) is 5.10 Å². The van der Waals surface area contributed by atoms with Gasteiger partial charge in [0.15, 0.2) is 0 Å². The van der Waals surface area contributed by atoms with Gasteiger partial charge in [-0.3, -0.25) is 4.68 Å². The summed E-state index contributed by atoms with van der Waals surface area (Å²) in [5.41, 5.74) is 3.51. The second kappa shape index (κ2) is 5.63. The van der Waals surface area contributed by atoms with Crippen LogP contribution in [0.15, 0.2) is 28.9 Å². The number of benzene rings is 1. The molecule has 18 heavy (non-hydrogen) atoms. The van der Waals surface area contributed by atoms with Gasteiger partial charge in [-0.2, -0.15) is 0 Å². The average Bonchev–Trinajstić information content (AvgIpc) is 2.76. The Kier molecular flexibility index (Phi) is 4.14. The van der Waals surface area contributed by atoms with Crippen molar-refractivity contribution in [2.24, 2.45) is 7.05 Å². The Morgan fingerprint density at radius 3 is 2.83 bits per heavy atom. The molecule has 0 aliphatic heterocycles. The lowest BCUT2D eigenvalue weighted by molar-refractivity contribution is 0.566. The Labute approximate surface area is 116 Å². The Hall–Kier alpha value is -1.20. The van der Waals surface area contributed by atoms with Crippen molar-refractivity contribution in [2.75, 3.05) is 6.54 Å². The Morgan fingerprint density at radius 2 is 2.22 bits per heavy atom. The van der Waals surface area contributed by atoms with Crippen LogP contribution in [0.3, 0.4) is 0 Å². The fourth-order valence-electron chi connectivity index (χ4n) is 2.02. The summed E-state index contributed by atoms with van der Waals surface area (Å²) in [5, 5.41) is 11.4. The first-order valence-corrected chi connectivity index (χ1v) is 6.76. The van der Waals surface area contributed by atoms with Crippen LogP contribution in [0.2, 0.25) is 0 Å². The third-order valence-corrected chi connectivity index (χ3v) is 3.64. The minimum Gasteiger partial charge on any atom is -0.305 e. The smallest absolute Gasteiger partial charge is 0.0799 e. The van der Waals surface area contributed by atoms with Gasteiger partial charge in [0.25, 0.3) is 0 Å². The zero-order valence-electron chi connectivity index (χ0n) is 10.8. The Morgan fingerprint density at radius 1 is 1.44 bits per heavy atom. The van der Waals surface area contributed by atoms with E-state index in [1.165, 1.54) is 11.1 Å². The summed E-state index contributed by atoms with van der Waals surface area (Å²) in [6.07, 6.45) is 1.81. The van der Waals surface area contributed by atoms with E-state index in [4.69, 9.17) is 0 Å². The molecule has 0 radical (unpaired) electrons. The van der Waals surface area contributed by atoms with Crippen LogP contribution in [0.1, 0.15) is 29.8 Å². The van der Waals surface area contributed by atoms with Crippen molar-refractivity contribution in [1.82, 2.24) is 20.3 Å². The molecule has 0 aliphatic rings. The molecule has 1 N–H and O–H groups in total. The van der Waals surface area contributed by atoms with Crippen LogP contribution in [0.25, 0.3) is 0 Å². The normalized spacial score (nSPS) is 12.7. The molecule has 0 saturated heterocycles. The van der Waals surface area contributed by atoms with Gasteiger partial charge in [0.1, 0.15) is 0 Å². The molecular weight excluding hydrogens is 292 g/mol. The first-order valence-electron chi connectivity index (χ1n) is 5.97. The molecule has 0 amide bonds. The SMILES string of the molecule is CCNC(c1cc(C)ccc1Br)c1cnnn1C. The van der Waals surface area contributed by atoms with Crippen molar-refractivity contribution < 1.29 is 0 Å². The molecule has 1 heterocycles. The zero-order chi connectivity index (χ0) is 13.1. The summed E-state index contributed by atoms with van der Waals surface area (Å²) in [6, 6.07) is 6.46. The van der Waals surface area contributed by atoms with Crippen LogP contribution in [-0.2, 0) is 7.05 Å². The van der Waals surface area contributed by atoms with Crippen LogP contribution >= 0.6 is 15.9 Å². The molecule has 0 fully saturated rings. The summed E-state index contributed by atoms with van der Waals surface area (Å²) in [5.74, 6) is 0. The van der Waals surface area contributed by atoms with Crippen molar-refractivity contribution in [3.8, 4) is 0 Å². The highest BCUT2D eigenvalue weighted by molar-refractivity contribution is 9.10. The van der Waals surface area contributed by atoms with Crippen molar-refractivity contribution in [2.45, 2.75) is 19.9 Å². The minimum atomic E-state index is 0.101. The molecule has 0 spiro atoms. The summed E-state index contributed by atoms with van der Waals surface area (Å²) in [6.45, 7) is 5.08. The number of aromatic nitrogens is 3. The van der Waals surface area contributed by atoms with Gasteiger partial charge in [0, 0.05) is 11.5 Å². The maximum absolute atomic E-state index is 4.01. The molecule has 2 rings (SSSR count). The molecule has 0 saturated carbocycles. The Bertz CT molecular complexity index is 536. The third-order valence-electron chi connectivity index (χ3n) is 2.92. The highest BCUT2D eigenvalue weighted by Gasteiger charge is 2.19. The van der Waals surface area contributed by atoms with Gasteiger partial charge in [0.05, 0.1) is 17.9 Å². The number of rotatable bonds is 4. The predicted molar refractivity (Wildman–Crippen MR) is 75.4 cm³/mol. The third kappa shape index (κ3) is 2.62. The molecule has 1 aromatic carbocycles. The standard InChI is InChI=1S/C13H17BrN4/c1-4-15-13(12-8-16-17-18(12)3)10-7-9(2)5-6-11(10)14/h5-8,13,15H,4H2,1-3H3. The lowest BCUT2D eigenvalue weighted by atomic mass is 10.0. The van der Waals surface area contributed by atoms with Gasteiger partial charge >= 0.3 is 0 Å². The van der Waals surface area contributed by atoms with Crippen molar-refractivity contribution >= 4 is 15.9 Å². The molecule has 1 aromatic heterocycles. The molecule has 4 nitrogen and oxygen atoms in total. The number of hydrogen-bond acceptors (Lipinski definition) is 3. The summed E-state index contributed by atoms with van der Waals surface area (Å²) < 4.78 is 2.91. The number of halogens is 1. The van der Waals surface area contributed by atoms with E-state index in [2.05, 4.69) is 63.6 Å². The second-order valence-electron chi connectivity index (χ2n) is 4.30. The van der Waals surface area contributed by atoms with Crippen LogP contribution in [0, 0.1) is 6.92 Å². The first kappa shape index (κ1) is 13.2. The number of nitrogens with zero attached hydrogens (tertiary/aromatic N) is 3. The molecular formula is C13H17BrN4. The average molecular weight is 309 g/mol. The van der Waals surface area contributed by atoms with E-state index in [1.54, 1.807) is 0 Å². The maximum Gasteiger partial charge on any atom is 0.0799 e. The fourth-order valence-corrected chi connectivity index (χ4v) is 2.50. The maximum atomic E-state index is 4.01. The summed E-state index contributed by atoms with van der Waals surface area (Å²) in [7, 11) is 1.91. The lowest BCUT2D eigenvalue weighted by Crippen LogP contribution is -2.24. The van der Waals surface area contributed by atoms with Crippen molar-refractivity contribution in [1.29, 1.82) is 0 Å². The zero-order valence-corrected chi connectivity index (χ0v) is 12.4. The summed E-state index contributed by atoms with van der Waals surface area (Å²) >= 11 is 3.62. The number of nitrogens with one attached hydrogen (secondary N) is 1. The first-order chi connectivity index (χ1) is 8.63. The number of aryl methyl sites for hydroxylation is 2. The monoisotopic (exact) mass is 308 g/mol. The molecule has 5 heteroatoms. The van der Waals surface area contributed by atoms with Gasteiger partial charge in [0.2, 0.25) is 0 Å². The van der Waals surface area contributed by atoms with Crippen molar-refractivity contribution in [3.05, 3.63) is 45.7 Å². The van der Waals surface area contributed by atoms with Gasteiger partial charge in [-0.1, -0.05) is 45.8 Å². The number of hydrogen-bond donors (Lipinski definition) is 1. The van der Waals surface area contributed by atoms with Crippen LogP contribution < -0.4 is 5.32 Å². The topological polar surface area (TPSA) is 42.7 Å². The minimum absolute atomic E-state index is 0.101. The largest absolute Gasteiger partial charge is 0.305 e. The van der Waals surface area contributed by atoms with Gasteiger partial charge in [-0.25, -0.2) is 0 Å². The fraction of sp³-hybridized carbons (Fsp3) is 0.385. The van der Waals surface area contributed by atoms with Crippen LogP contribution in [0.4, 0.5) is 0 Å². The Balaban J connectivity index is 2.48. The highest BCUT2D eigenvalue weighted by Crippen LogP contribution is 2.28. The molecule has 1 atom stereocenters. The molecule has 1 unspecified atom stereocenters. The predicted octanol–water partition coefficient (Wildman–Crippen LogP) is 2.58. The highest BCUT2D eigenvalue weighted by atomic mass is 79.9. The molecule has 96 valence electrons. The van der Waals surface area contributed by atoms with E-state index in [0.717, 1.165) is 16.7 Å². The second-order valence-corrected chi connectivity index (χ2v) is 5.15. The van der Waals surface area contributed by atoms with Gasteiger partial charge < -0.3 is 5.32 Å². The van der Waals surface area contributed by atoms with Crippen LogP contribution in [0.5, 0.6) is 0 Å². The molecule has 0 bridgehead atoms.